The van der Waals surface area contributed by atoms with Crippen molar-refractivity contribution >= 4 is 5.91 Å². The van der Waals surface area contributed by atoms with Crippen molar-refractivity contribution in [2.75, 3.05) is 0 Å². The van der Waals surface area contributed by atoms with Gasteiger partial charge in [-0.2, -0.15) is 0 Å². The number of rotatable bonds is 1. The molecular weight excluding hydrogens is 168 g/mol. The van der Waals surface area contributed by atoms with E-state index in [4.69, 9.17) is 5.11 Å². The Labute approximate surface area is 66.7 Å². The van der Waals surface area contributed by atoms with E-state index in [0.717, 1.165) is 12.1 Å². The smallest absolute Gasteiger partial charge is 0.317 e. The number of halogens is 2. The summed E-state index contributed by atoms with van der Waals surface area (Å²) in [5, 5.41) is 7.37. The van der Waals surface area contributed by atoms with Crippen LogP contribution in [0.3, 0.4) is 0 Å². The molecule has 0 heterocycles. The van der Waals surface area contributed by atoms with Gasteiger partial charge in [0.2, 0.25) is 0 Å². The number of benzene rings is 1. The maximum Gasteiger partial charge on any atom is 0.317 e. The zero-order valence-electron chi connectivity index (χ0n) is 5.87. The number of hydrogen-bond acceptors (Lipinski definition) is 2. The van der Waals surface area contributed by atoms with Crippen LogP contribution in [-0.4, -0.2) is 16.4 Å². The van der Waals surface area contributed by atoms with Crippen LogP contribution >= 0.6 is 0 Å². The van der Waals surface area contributed by atoms with Gasteiger partial charge in [-0.1, -0.05) is 21.1 Å². The van der Waals surface area contributed by atoms with E-state index in [0.29, 0.717) is 0 Å². The lowest BCUT2D eigenvalue weighted by molar-refractivity contribution is -0.108. The molecule has 12 heavy (non-hydrogen) atoms. The van der Waals surface area contributed by atoms with Gasteiger partial charge in [0.25, 0.3) is 0 Å². The van der Waals surface area contributed by atoms with Crippen LogP contribution < -0.4 is 0 Å². The van der Waals surface area contributed by atoms with Crippen LogP contribution in [0.2, 0.25) is 0 Å². The van der Waals surface area contributed by atoms with Gasteiger partial charge in [0.1, 0.15) is 5.75 Å². The highest BCUT2D eigenvalue weighted by atomic mass is 19.4. The second kappa shape index (κ2) is 3.17. The summed E-state index contributed by atoms with van der Waals surface area (Å²) >= 11 is 0. The third-order valence-electron chi connectivity index (χ3n) is 1.29. The minimum Gasteiger partial charge on any atom is -0.507 e. The lowest BCUT2D eigenvalue weighted by atomic mass is 10.2. The van der Waals surface area contributed by atoms with Gasteiger partial charge < -0.3 is 5.11 Å². The average Bonchev–Trinajstić information content (AvgIpc) is 2.04. The second-order valence-electron chi connectivity index (χ2n) is 2.06. The van der Waals surface area contributed by atoms with Gasteiger partial charge in [-0.05, 0) is 12.1 Å². The van der Waals surface area contributed by atoms with Crippen LogP contribution in [0.4, 0.5) is 8.96 Å². The third kappa shape index (κ3) is 1.50. The summed E-state index contributed by atoms with van der Waals surface area (Å²) in [5.41, 5.74) is -0.414. The van der Waals surface area contributed by atoms with Crippen molar-refractivity contribution in [3.63, 3.8) is 0 Å². The first kappa shape index (κ1) is 8.45. The molecule has 1 aromatic carbocycles. The Balaban J connectivity index is 3.03. The van der Waals surface area contributed by atoms with Crippen LogP contribution in [0, 0.1) is 0 Å². The molecule has 1 amide bonds. The molecule has 0 spiro atoms. The molecule has 0 unspecified atom stereocenters. The maximum atomic E-state index is 11.7. The van der Waals surface area contributed by atoms with E-state index in [1.54, 1.807) is 0 Å². The van der Waals surface area contributed by atoms with E-state index in [-0.39, 0.29) is 0 Å². The predicted molar refractivity (Wildman–Crippen MR) is 36.5 cm³/mol. The molecule has 1 aromatic rings. The Kier molecular flexibility index (Phi) is 2.23. The third-order valence-corrected chi connectivity index (χ3v) is 1.29. The molecule has 0 atom stereocenters. The molecule has 64 valence electrons. The van der Waals surface area contributed by atoms with Crippen LogP contribution in [0.1, 0.15) is 10.4 Å². The highest BCUT2D eigenvalue weighted by Gasteiger charge is 2.17. The topological polar surface area (TPSA) is 40.5 Å². The van der Waals surface area contributed by atoms with Gasteiger partial charge in [0.05, 0.1) is 5.56 Å². The fraction of sp³-hybridized carbons (Fsp3) is 0. The number of carbonyl (C=O) groups excluding carboxylic acids is 1. The summed E-state index contributed by atoms with van der Waals surface area (Å²) in [6.07, 6.45) is 0. The summed E-state index contributed by atoms with van der Waals surface area (Å²) in [6.45, 7) is 0. The van der Waals surface area contributed by atoms with Gasteiger partial charge in [0.15, 0.2) is 0 Å². The Bertz CT molecular complexity index is 301. The van der Waals surface area contributed by atoms with Crippen molar-refractivity contribution in [3.05, 3.63) is 29.8 Å². The van der Waals surface area contributed by atoms with Crippen molar-refractivity contribution in [3.8, 4) is 5.75 Å². The van der Waals surface area contributed by atoms with E-state index in [1.165, 1.54) is 12.1 Å². The summed E-state index contributed by atoms with van der Waals surface area (Å²) in [7, 11) is 0. The molecule has 5 heteroatoms. The molecule has 3 nitrogen and oxygen atoms in total. The lowest BCUT2D eigenvalue weighted by Crippen LogP contribution is -2.13. The number of phenolic OH excluding ortho intramolecular Hbond substituents is 1. The monoisotopic (exact) mass is 173 g/mol. The molecule has 0 aliphatic carbocycles. The molecule has 1 rings (SSSR count). The predicted octanol–water partition coefficient (Wildman–Crippen LogP) is 1.60. The first-order valence-electron chi connectivity index (χ1n) is 3.07. The highest BCUT2D eigenvalue weighted by molar-refractivity contribution is 5.95. The minimum absolute atomic E-state index is 0.414. The average molecular weight is 173 g/mol. The summed E-state index contributed by atoms with van der Waals surface area (Å²) in [5.74, 6) is -1.98. The first-order valence-corrected chi connectivity index (χ1v) is 3.07. The minimum atomic E-state index is -1.57. The Morgan fingerprint density at radius 2 is 1.92 bits per heavy atom. The van der Waals surface area contributed by atoms with E-state index < -0.39 is 22.6 Å². The van der Waals surface area contributed by atoms with Crippen molar-refractivity contribution in [2.45, 2.75) is 0 Å². The number of nitrogens with zero attached hydrogens (tertiary/aromatic N) is 1. The van der Waals surface area contributed by atoms with E-state index in [9.17, 15) is 13.8 Å². The number of aromatic hydroxyl groups is 1. The number of carbonyl (C=O) groups is 1. The highest BCUT2D eigenvalue weighted by Crippen LogP contribution is 2.17. The largest absolute Gasteiger partial charge is 0.507 e. The van der Waals surface area contributed by atoms with Gasteiger partial charge >= 0.3 is 5.91 Å². The van der Waals surface area contributed by atoms with Crippen molar-refractivity contribution in [2.24, 2.45) is 0 Å². The SMILES string of the molecule is O=C(c1ccccc1O)N(F)F. The number of hydrogen-bond donors (Lipinski definition) is 1. The Morgan fingerprint density at radius 1 is 1.33 bits per heavy atom. The number of phenols is 1. The number of amides is 1. The zero-order valence-corrected chi connectivity index (χ0v) is 5.87. The van der Waals surface area contributed by atoms with Gasteiger partial charge in [-0.25, -0.2) is 0 Å². The quantitative estimate of drug-likeness (QED) is 0.655. The molecular formula is C7H5F2NO2. The fourth-order valence-corrected chi connectivity index (χ4v) is 0.746. The molecule has 0 bridgehead atoms. The van der Waals surface area contributed by atoms with Crippen molar-refractivity contribution in [1.82, 2.24) is 5.34 Å². The molecule has 0 saturated heterocycles. The zero-order chi connectivity index (χ0) is 9.14. The van der Waals surface area contributed by atoms with Gasteiger partial charge in [0, 0.05) is 5.34 Å². The molecule has 0 aliphatic heterocycles. The van der Waals surface area contributed by atoms with Gasteiger partial charge in [-0.15, -0.1) is 0 Å². The molecule has 0 saturated carbocycles. The van der Waals surface area contributed by atoms with E-state index in [2.05, 4.69) is 0 Å². The number of para-hydroxylation sites is 1. The standard InChI is InChI=1S/C7H5F2NO2/c8-10(9)7(12)5-3-1-2-4-6(5)11/h1-4,11H. The van der Waals surface area contributed by atoms with E-state index in [1.807, 2.05) is 0 Å². The first-order chi connectivity index (χ1) is 5.63. The summed E-state index contributed by atoms with van der Waals surface area (Å²) < 4.78 is 23.3. The normalized spacial score (nSPS) is 9.50. The fourth-order valence-electron chi connectivity index (χ4n) is 0.746. The van der Waals surface area contributed by atoms with Crippen LogP contribution in [0.25, 0.3) is 0 Å². The molecule has 0 aromatic heterocycles. The van der Waals surface area contributed by atoms with Gasteiger partial charge in [-0.3, -0.25) is 4.79 Å². The summed E-state index contributed by atoms with van der Waals surface area (Å²) in [4.78, 5) is 10.6. The second-order valence-corrected chi connectivity index (χ2v) is 2.06. The Morgan fingerprint density at radius 3 is 2.42 bits per heavy atom. The van der Waals surface area contributed by atoms with Crippen LogP contribution in [0.5, 0.6) is 5.75 Å². The molecule has 1 N–H and O–H groups in total. The van der Waals surface area contributed by atoms with E-state index >= 15 is 0 Å². The molecule has 0 fully saturated rings. The Hall–Kier alpha value is -1.65. The van der Waals surface area contributed by atoms with Crippen LogP contribution in [0.15, 0.2) is 24.3 Å². The molecule has 0 radical (unpaired) electrons. The van der Waals surface area contributed by atoms with Crippen LogP contribution in [-0.2, 0) is 0 Å². The molecule has 0 aliphatic rings. The summed E-state index contributed by atoms with van der Waals surface area (Å²) in [6, 6.07) is 5.10. The van der Waals surface area contributed by atoms with Crippen molar-refractivity contribution < 1.29 is 18.9 Å². The maximum absolute atomic E-state index is 11.7. The van der Waals surface area contributed by atoms with Crippen molar-refractivity contribution in [1.29, 1.82) is 0 Å². The lowest BCUT2D eigenvalue weighted by Gasteiger charge is -2.01.